The van der Waals surface area contributed by atoms with Crippen molar-refractivity contribution in [2.75, 3.05) is 19.8 Å². The molecule has 3 saturated heterocycles. The van der Waals surface area contributed by atoms with Crippen molar-refractivity contribution in [1.29, 1.82) is 0 Å². The maximum absolute atomic E-state index is 13.4. The number of rotatable bonds is 12. The molecule has 1 aliphatic carbocycles. The van der Waals surface area contributed by atoms with Gasteiger partial charge in [-0.05, 0) is 139 Å². The molecule has 51 heavy (non-hydrogen) atoms. The molecular formula is C39H69N3O9. The van der Waals surface area contributed by atoms with E-state index >= 15 is 0 Å². The highest BCUT2D eigenvalue weighted by Gasteiger charge is 2.54. The zero-order valence-corrected chi connectivity index (χ0v) is 33.6. The average molecular weight is 724 g/mol. The van der Waals surface area contributed by atoms with Crippen molar-refractivity contribution in [2.45, 2.75) is 174 Å². The van der Waals surface area contributed by atoms with Gasteiger partial charge < -0.3 is 29.8 Å². The summed E-state index contributed by atoms with van der Waals surface area (Å²) >= 11 is 0. The molecule has 0 amide bonds. The van der Waals surface area contributed by atoms with Crippen LogP contribution >= 0.6 is 0 Å². The van der Waals surface area contributed by atoms with Crippen LogP contribution in [0.15, 0.2) is 0 Å². The first kappa shape index (κ1) is 41.9. The van der Waals surface area contributed by atoms with E-state index in [2.05, 4.69) is 0 Å². The second-order valence-electron chi connectivity index (χ2n) is 19.9. The zero-order chi connectivity index (χ0) is 38.5. The fourth-order valence-electron chi connectivity index (χ4n) is 10.0. The minimum Gasteiger partial charge on any atom is -0.465 e. The van der Waals surface area contributed by atoms with Gasteiger partial charge in [0.1, 0.15) is 0 Å². The predicted octanol–water partition coefficient (Wildman–Crippen LogP) is 6.62. The summed E-state index contributed by atoms with van der Waals surface area (Å²) in [5.74, 6) is -1.32. The quantitative estimate of drug-likeness (QED) is 0.147. The van der Waals surface area contributed by atoms with Gasteiger partial charge in [0.15, 0.2) is 0 Å². The molecule has 12 nitrogen and oxygen atoms in total. The monoisotopic (exact) mass is 724 g/mol. The molecule has 4 fully saturated rings. The third-order valence-electron chi connectivity index (χ3n) is 13.5. The molecule has 0 radical (unpaired) electrons. The van der Waals surface area contributed by atoms with Crippen LogP contribution in [-0.4, -0.2) is 102 Å². The highest BCUT2D eigenvalue weighted by molar-refractivity contribution is 5.72. The normalized spacial score (nSPS) is 33.9. The Hall–Kier alpha value is -1.83. The number of ether oxygens (including phenoxy) is 3. The number of hydrogen-bond acceptors (Lipinski definition) is 12. The van der Waals surface area contributed by atoms with Crippen LogP contribution in [0.4, 0.5) is 0 Å². The molecule has 6 atom stereocenters. The van der Waals surface area contributed by atoms with E-state index in [1.807, 2.05) is 83.1 Å². The Morgan fingerprint density at radius 1 is 0.510 bits per heavy atom. The van der Waals surface area contributed by atoms with Crippen LogP contribution in [0.25, 0.3) is 0 Å². The second-order valence-corrected chi connectivity index (χ2v) is 19.9. The molecule has 0 spiro atoms. The lowest BCUT2D eigenvalue weighted by Gasteiger charge is -2.37. The molecule has 3 heterocycles. The van der Waals surface area contributed by atoms with Crippen molar-refractivity contribution >= 4 is 17.9 Å². The maximum atomic E-state index is 13.4. The van der Waals surface area contributed by atoms with Gasteiger partial charge in [0.05, 0.1) is 19.8 Å². The molecule has 12 heteroatoms. The number of hydrogen-bond donors (Lipinski definition) is 3. The molecule has 0 aromatic rings. The predicted molar refractivity (Wildman–Crippen MR) is 191 cm³/mol. The standard InChI is InChI=1S/C39H69N3O9/c1-34(2)19-28(37(7,8)40(34)46)22-49-31(43)16-25-13-14-26(17-32(44)50-23-29-20-35(3,4)41(47)38(29,9)10)27(15-25)18-33(45)51-24-30-21-36(5,6)42(48)39(30,11)12/h25-30,46-48H,13-24H2,1-12H3. The summed E-state index contributed by atoms with van der Waals surface area (Å²) in [6, 6.07) is 0. The average Bonchev–Trinajstić information content (AvgIpc) is 3.36. The summed E-state index contributed by atoms with van der Waals surface area (Å²) in [4.78, 5) is 39.8. The largest absolute Gasteiger partial charge is 0.465 e. The first-order valence-corrected chi connectivity index (χ1v) is 19.2. The van der Waals surface area contributed by atoms with E-state index in [9.17, 15) is 30.0 Å². The van der Waals surface area contributed by atoms with Crippen LogP contribution in [0.3, 0.4) is 0 Å². The molecule has 3 N–H and O–H groups in total. The molecule has 294 valence electrons. The SMILES string of the molecule is CC1(C)CC(COC(=O)CC2CCC(CC(=O)OCC3CC(C)(C)N(O)C3(C)C)C(CC(=O)OCC3CC(C)(C)N(O)C3(C)C)C2)C(C)(C)N1O. The van der Waals surface area contributed by atoms with Gasteiger partial charge in [-0.15, -0.1) is 0 Å². The van der Waals surface area contributed by atoms with Crippen LogP contribution in [-0.2, 0) is 28.6 Å². The van der Waals surface area contributed by atoms with Gasteiger partial charge in [0.25, 0.3) is 0 Å². The molecule has 0 bridgehead atoms. The molecule has 4 rings (SSSR count). The lowest BCUT2D eigenvalue weighted by Crippen LogP contribution is -2.48. The Bertz CT molecular complexity index is 1280. The van der Waals surface area contributed by atoms with Crippen LogP contribution in [0.2, 0.25) is 0 Å². The van der Waals surface area contributed by atoms with Gasteiger partial charge in [-0.3, -0.25) is 14.4 Å². The fraction of sp³-hybridized carbons (Fsp3) is 0.923. The fourth-order valence-corrected chi connectivity index (χ4v) is 10.0. The molecule has 0 aromatic carbocycles. The maximum Gasteiger partial charge on any atom is 0.306 e. The Morgan fingerprint density at radius 2 is 0.824 bits per heavy atom. The Morgan fingerprint density at radius 3 is 1.14 bits per heavy atom. The van der Waals surface area contributed by atoms with Crippen molar-refractivity contribution in [1.82, 2.24) is 15.2 Å². The van der Waals surface area contributed by atoms with Crippen molar-refractivity contribution in [3.8, 4) is 0 Å². The summed E-state index contributed by atoms with van der Waals surface area (Å²) in [6.45, 7) is 24.2. The number of nitrogens with zero attached hydrogens (tertiary/aromatic N) is 3. The van der Waals surface area contributed by atoms with E-state index in [-0.39, 0.29) is 92.5 Å². The lowest BCUT2D eigenvalue weighted by atomic mass is 9.70. The summed E-state index contributed by atoms with van der Waals surface area (Å²) in [5, 5.41) is 36.2. The number of esters is 3. The molecule has 0 aromatic heterocycles. The highest BCUT2D eigenvalue weighted by Crippen LogP contribution is 2.46. The van der Waals surface area contributed by atoms with E-state index < -0.39 is 33.2 Å². The highest BCUT2D eigenvalue weighted by atomic mass is 16.5. The topological polar surface area (TPSA) is 149 Å². The first-order valence-electron chi connectivity index (χ1n) is 19.2. The van der Waals surface area contributed by atoms with Gasteiger partial charge in [0, 0.05) is 70.2 Å². The Labute approximate surface area is 306 Å². The number of carbonyl (C=O) groups is 3. The van der Waals surface area contributed by atoms with Gasteiger partial charge in [-0.25, -0.2) is 0 Å². The van der Waals surface area contributed by atoms with Crippen LogP contribution in [0.1, 0.15) is 141 Å². The third kappa shape index (κ3) is 8.94. The van der Waals surface area contributed by atoms with E-state index in [1.54, 1.807) is 0 Å². The summed E-state index contributed by atoms with van der Waals surface area (Å²) in [7, 11) is 0. The van der Waals surface area contributed by atoms with Gasteiger partial charge in [-0.1, -0.05) is 0 Å². The number of carbonyl (C=O) groups excluding carboxylic acids is 3. The molecule has 1 saturated carbocycles. The smallest absolute Gasteiger partial charge is 0.306 e. The van der Waals surface area contributed by atoms with E-state index in [4.69, 9.17) is 14.2 Å². The third-order valence-corrected chi connectivity index (χ3v) is 13.5. The van der Waals surface area contributed by atoms with Crippen molar-refractivity contribution in [3.63, 3.8) is 0 Å². The molecule has 4 aliphatic rings. The second kappa shape index (κ2) is 14.8. The Balaban J connectivity index is 1.36. The van der Waals surface area contributed by atoms with Gasteiger partial charge in [-0.2, -0.15) is 15.2 Å². The van der Waals surface area contributed by atoms with Crippen LogP contribution in [0, 0.1) is 35.5 Å². The van der Waals surface area contributed by atoms with Crippen molar-refractivity contribution < 1.29 is 44.2 Å². The van der Waals surface area contributed by atoms with Gasteiger partial charge >= 0.3 is 17.9 Å². The number of hydroxylamine groups is 6. The van der Waals surface area contributed by atoms with Crippen LogP contribution < -0.4 is 0 Å². The summed E-state index contributed by atoms with van der Waals surface area (Å²) in [5.41, 5.74) is -2.89. The van der Waals surface area contributed by atoms with E-state index in [1.165, 1.54) is 15.2 Å². The van der Waals surface area contributed by atoms with E-state index in [0.29, 0.717) is 32.1 Å². The molecular weight excluding hydrogens is 654 g/mol. The minimum atomic E-state index is -0.554. The summed E-state index contributed by atoms with van der Waals surface area (Å²) < 4.78 is 17.5. The molecule has 6 unspecified atom stereocenters. The van der Waals surface area contributed by atoms with Crippen molar-refractivity contribution in [3.05, 3.63) is 0 Å². The van der Waals surface area contributed by atoms with E-state index in [0.717, 1.165) is 6.42 Å². The summed E-state index contributed by atoms with van der Waals surface area (Å²) in [6.07, 6.45) is 4.59. The minimum absolute atomic E-state index is 0.000455. The van der Waals surface area contributed by atoms with Crippen molar-refractivity contribution in [2.24, 2.45) is 35.5 Å². The van der Waals surface area contributed by atoms with Gasteiger partial charge in [0.2, 0.25) is 0 Å². The molecule has 3 aliphatic heterocycles. The zero-order valence-electron chi connectivity index (χ0n) is 33.6. The van der Waals surface area contributed by atoms with Crippen LogP contribution in [0.5, 0.6) is 0 Å². The lowest BCUT2D eigenvalue weighted by molar-refractivity contribution is -0.199. The Kier molecular flexibility index (Phi) is 12.1. The first-order chi connectivity index (χ1) is 23.2.